The molecule has 0 amide bonds. The monoisotopic (exact) mass is 300 g/mol. The van der Waals surface area contributed by atoms with Gasteiger partial charge in [-0.2, -0.15) is 5.10 Å². The van der Waals surface area contributed by atoms with Gasteiger partial charge in [-0.05, 0) is 25.9 Å². The second-order valence-electron chi connectivity index (χ2n) is 6.58. The number of likely N-dealkylation sites (tertiary alicyclic amines) is 1. The van der Waals surface area contributed by atoms with Crippen molar-refractivity contribution in [3.8, 4) is 0 Å². The second-order valence-corrected chi connectivity index (χ2v) is 6.58. The van der Waals surface area contributed by atoms with E-state index in [1.807, 2.05) is 6.20 Å². The summed E-state index contributed by atoms with van der Waals surface area (Å²) in [6.07, 6.45) is 4.64. The molecule has 116 valence electrons. The number of halogens is 1. The summed E-state index contributed by atoms with van der Waals surface area (Å²) in [5.41, 5.74) is 2.68. The van der Waals surface area contributed by atoms with Gasteiger partial charge in [0.15, 0.2) is 0 Å². The summed E-state index contributed by atoms with van der Waals surface area (Å²) in [6, 6.07) is 0.718. The Labute approximate surface area is 129 Å². The van der Waals surface area contributed by atoms with Gasteiger partial charge in [-0.1, -0.05) is 27.7 Å². The molecule has 2 N–H and O–H groups in total. The van der Waals surface area contributed by atoms with Crippen LogP contribution in [0.5, 0.6) is 0 Å². The van der Waals surface area contributed by atoms with Gasteiger partial charge in [-0.3, -0.25) is 10.00 Å². The zero-order valence-electron chi connectivity index (χ0n) is 13.2. The lowest BCUT2D eigenvalue weighted by Crippen LogP contribution is -2.37. The maximum absolute atomic E-state index is 4.19. The lowest BCUT2D eigenvalue weighted by Gasteiger charge is -2.23. The predicted octanol–water partition coefficient (Wildman–Crippen LogP) is 2.70. The molecule has 1 atom stereocenters. The van der Waals surface area contributed by atoms with Crippen molar-refractivity contribution in [2.45, 2.75) is 58.5 Å². The SMILES string of the molecule is CCN1CCCC1CNCc1cn[nH]c1C(C)(C)C.Cl. The number of nitrogens with one attached hydrogen (secondary N) is 2. The van der Waals surface area contributed by atoms with E-state index in [1.165, 1.54) is 37.2 Å². The van der Waals surface area contributed by atoms with E-state index in [9.17, 15) is 0 Å². The zero-order valence-corrected chi connectivity index (χ0v) is 14.0. The molecule has 0 saturated carbocycles. The van der Waals surface area contributed by atoms with E-state index in [-0.39, 0.29) is 17.8 Å². The van der Waals surface area contributed by atoms with Gasteiger partial charge in [0.1, 0.15) is 0 Å². The molecular weight excluding hydrogens is 272 g/mol. The molecule has 1 aliphatic rings. The fraction of sp³-hybridized carbons (Fsp3) is 0.800. The molecule has 1 aliphatic heterocycles. The van der Waals surface area contributed by atoms with Crippen LogP contribution < -0.4 is 5.32 Å². The summed E-state index contributed by atoms with van der Waals surface area (Å²) in [5, 5.41) is 10.9. The number of rotatable bonds is 5. The van der Waals surface area contributed by atoms with Gasteiger partial charge in [0.05, 0.1) is 6.20 Å². The normalized spacial score (nSPS) is 20.1. The molecule has 2 heterocycles. The fourth-order valence-electron chi connectivity index (χ4n) is 3.01. The average molecular weight is 301 g/mol. The Morgan fingerprint density at radius 2 is 2.20 bits per heavy atom. The third kappa shape index (κ3) is 4.21. The number of hydrogen-bond acceptors (Lipinski definition) is 3. The van der Waals surface area contributed by atoms with Crippen molar-refractivity contribution >= 4 is 12.4 Å². The minimum atomic E-state index is 0. The van der Waals surface area contributed by atoms with Gasteiger partial charge in [0.2, 0.25) is 0 Å². The minimum Gasteiger partial charge on any atom is -0.311 e. The Kier molecular flexibility index (Phi) is 6.49. The zero-order chi connectivity index (χ0) is 13.9. The summed E-state index contributed by atoms with van der Waals surface area (Å²) >= 11 is 0. The molecule has 0 aromatic carbocycles. The van der Waals surface area contributed by atoms with E-state index in [4.69, 9.17) is 0 Å². The maximum atomic E-state index is 4.19. The van der Waals surface area contributed by atoms with E-state index in [1.54, 1.807) is 0 Å². The fourth-order valence-corrected chi connectivity index (χ4v) is 3.01. The van der Waals surface area contributed by atoms with Gasteiger partial charge in [-0.25, -0.2) is 0 Å². The quantitative estimate of drug-likeness (QED) is 0.879. The Morgan fingerprint density at radius 3 is 2.85 bits per heavy atom. The van der Waals surface area contributed by atoms with Crippen LogP contribution in [-0.2, 0) is 12.0 Å². The molecule has 0 aliphatic carbocycles. The number of nitrogens with zero attached hydrogens (tertiary/aromatic N) is 2. The molecule has 0 radical (unpaired) electrons. The lowest BCUT2D eigenvalue weighted by molar-refractivity contribution is 0.260. The molecule has 4 nitrogen and oxygen atoms in total. The van der Waals surface area contributed by atoms with Crippen LogP contribution in [0.2, 0.25) is 0 Å². The topological polar surface area (TPSA) is 44.0 Å². The number of H-pyrrole nitrogens is 1. The Morgan fingerprint density at radius 1 is 1.45 bits per heavy atom. The molecule has 0 spiro atoms. The van der Waals surface area contributed by atoms with Crippen molar-refractivity contribution in [1.29, 1.82) is 0 Å². The molecule has 1 unspecified atom stereocenters. The van der Waals surface area contributed by atoms with Crippen LogP contribution >= 0.6 is 12.4 Å². The molecule has 2 rings (SSSR count). The number of likely N-dealkylation sites (N-methyl/N-ethyl adjacent to an activating group) is 1. The number of hydrogen-bond donors (Lipinski definition) is 2. The maximum Gasteiger partial charge on any atom is 0.0535 e. The van der Waals surface area contributed by atoms with Crippen molar-refractivity contribution in [3.63, 3.8) is 0 Å². The second kappa shape index (κ2) is 7.43. The largest absolute Gasteiger partial charge is 0.311 e. The van der Waals surface area contributed by atoms with E-state index in [0.717, 1.165) is 19.1 Å². The van der Waals surface area contributed by atoms with Crippen LogP contribution in [0.3, 0.4) is 0 Å². The highest BCUT2D eigenvalue weighted by Crippen LogP contribution is 2.23. The van der Waals surface area contributed by atoms with Crippen LogP contribution in [0, 0.1) is 0 Å². The van der Waals surface area contributed by atoms with E-state index < -0.39 is 0 Å². The van der Waals surface area contributed by atoms with E-state index in [0.29, 0.717) is 0 Å². The first-order valence-corrected chi connectivity index (χ1v) is 7.50. The molecule has 0 bridgehead atoms. The van der Waals surface area contributed by atoms with Gasteiger partial charge in [-0.15, -0.1) is 12.4 Å². The predicted molar refractivity (Wildman–Crippen MR) is 86.5 cm³/mol. The molecule has 1 aromatic rings. The highest BCUT2D eigenvalue weighted by molar-refractivity contribution is 5.85. The smallest absolute Gasteiger partial charge is 0.0535 e. The van der Waals surface area contributed by atoms with Crippen LogP contribution in [0.1, 0.15) is 51.8 Å². The molecular formula is C15H29ClN4. The molecule has 1 fully saturated rings. The highest BCUT2D eigenvalue weighted by Gasteiger charge is 2.23. The summed E-state index contributed by atoms with van der Waals surface area (Å²) < 4.78 is 0. The van der Waals surface area contributed by atoms with E-state index >= 15 is 0 Å². The minimum absolute atomic E-state index is 0. The first kappa shape index (κ1) is 17.5. The summed E-state index contributed by atoms with van der Waals surface area (Å²) in [5.74, 6) is 0. The molecule has 1 aromatic heterocycles. The first-order valence-electron chi connectivity index (χ1n) is 7.50. The van der Waals surface area contributed by atoms with Crippen LogP contribution in [-0.4, -0.2) is 40.8 Å². The van der Waals surface area contributed by atoms with Crippen molar-refractivity contribution in [2.24, 2.45) is 0 Å². The molecule has 5 heteroatoms. The van der Waals surface area contributed by atoms with Crippen LogP contribution in [0.25, 0.3) is 0 Å². The van der Waals surface area contributed by atoms with Gasteiger partial charge < -0.3 is 5.32 Å². The molecule has 20 heavy (non-hydrogen) atoms. The van der Waals surface area contributed by atoms with Crippen molar-refractivity contribution in [2.75, 3.05) is 19.6 Å². The Bertz CT molecular complexity index is 397. The highest BCUT2D eigenvalue weighted by atomic mass is 35.5. The third-order valence-corrected chi connectivity index (χ3v) is 4.07. The van der Waals surface area contributed by atoms with Crippen molar-refractivity contribution in [3.05, 3.63) is 17.5 Å². The average Bonchev–Trinajstić information content (AvgIpc) is 2.96. The lowest BCUT2D eigenvalue weighted by atomic mass is 9.89. The van der Waals surface area contributed by atoms with Gasteiger partial charge in [0, 0.05) is 35.8 Å². The summed E-state index contributed by atoms with van der Waals surface area (Å²) in [7, 11) is 0. The standard InChI is InChI=1S/C15H28N4.ClH/c1-5-19-8-6-7-13(19)11-16-9-12-10-17-18-14(12)15(2,3)4;/h10,13,16H,5-9,11H2,1-4H3,(H,17,18);1H. The Balaban J connectivity index is 0.00000200. The van der Waals surface area contributed by atoms with Crippen LogP contribution in [0.4, 0.5) is 0 Å². The van der Waals surface area contributed by atoms with Gasteiger partial charge >= 0.3 is 0 Å². The van der Waals surface area contributed by atoms with Gasteiger partial charge in [0.25, 0.3) is 0 Å². The van der Waals surface area contributed by atoms with Crippen LogP contribution in [0.15, 0.2) is 6.20 Å². The van der Waals surface area contributed by atoms with Crippen molar-refractivity contribution < 1.29 is 0 Å². The number of aromatic amines is 1. The summed E-state index contributed by atoms with van der Waals surface area (Å²) in [6.45, 7) is 13.4. The summed E-state index contributed by atoms with van der Waals surface area (Å²) in [4.78, 5) is 2.58. The van der Waals surface area contributed by atoms with E-state index in [2.05, 4.69) is 48.1 Å². The molecule has 1 saturated heterocycles. The third-order valence-electron chi connectivity index (χ3n) is 4.07. The Hall–Kier alpha value is -0.580. The number of aromatic nitrogens is 2. The van der Waals surface area contributed by atoms with Crippen molar-refractivity contribution in [1.82, 2.24) is 20.4 Å². The first-order chi connectivity index (χ1) is 9.02.